The van der Waals surface area contributed by atoms with E-state index >= 15 is 0 Å². The second kappa shape index (κ2) is 9.71. The van der Waals surface area contributed by atoms with Crippen LogP contribution in [0, 0.1) is 0 Å². The van der Waals surface area contributed by atoms with Crippen LogP contribution in [0.4, 0.5) is 0 Å². The third-order valence-electron chi connectivity index (χ3n) is 3.10. The SMILES string of the molecule is COc1cc(CNCc2ccccc2)ccc1OCC(N)=O.Cl. The number of rotatable bonds is 8. The largest absolute Gasteiger partial charge is 0.493 e. The van der Waals surface area contributed by atoms with Gasteiger partial charge in [0.15, 0.2) is 18.1 Å². The van der Waals surface area contributed by atoms with Crippen LogP contribution in [0.3, 0.4) is 0 Å². The second-order valence-corrected chi connectivity index (χ2v) is 4.83. The van der Waals surface area contributed by atoms with E-state index in [1.54, 1.807) is 13.2 Å². The summed E-state index contributed by atoms with van der Waals surface area (Å²) in [6.07, 6.45) is 0. The number of hydrogen-bond donors (Lipinski definition) is 2. The van der Waals surface area contributed by atoms with Crippen LogP contribution in [-0.2, 0) is 17.9 Å². The molecule has 0 bridgehead atoms. The molecule has 0 saturated heterocycles. The highest BCUT2D eigenvalue weighted by Crippen LogP contribution is 2.28. The van der Waals surface area contributed by atoms with Crippen molar-refractivity contribution >= 4 is 18.3 Å². The van der Waals surface area contributed by atoms with Gasteiger partial charge in [0.2, 0.25) is 0 Å². The van der Waals surface area contributed by atoms with Crippen LogP contribution in [0.1, 0.15) is 11.1 Å². The Kier molecular flexibility index (Phi) is 7.94. The molecule has 0 aromatic heterocycles. The van der Waals surface area contributed by atoms with Gasteiger partial charge < -0.3 is 20.5 Å². The predicted molar refractivity (Wildman–Crippen MR) is 91.9 cm³/mol. The van der Waals surface area contributed by atoms with E-state index in [-0.39, 0.29) is 19.0 Å². The number of nitrogens with one attached hydrogen (secondary N) is 1. The summed E-state index contributed by atoms with van der Waals surface area (Å²) in [4.78, 5) is 10.8. The first-order chi connectivity index (χ1) is 10.7. The molecule has 1 amide bonds. The molecule has 3 N–H and O–H groups in total. The summed E-state index contributed by atoms with van der Waals surface area (Å²) in [7, 11) is 1.56. The van der Waals surface area contributed by atoms with Crippen LogP contribution in [-0.4, -0.2) is 19.6 Å². The minimum Gasteiger partial charge on any atom is -0.493 e. The lowest BCUT2D eigenvalue weighted by Gasteiger charge is -2.12. The average molecular weight is 337 g/mol. The number of carbonyl (C=O) groups excluding carboxylic acids is 1. The fourth-order valence-corrected chi connectivity index (χ4v) is 2.04. The molecule has 0 aliphatic heterocycles. The van der Waals surface area contributed by atoms with Crippen LogP contribution in [0.5, 0.6) is 11.5 Å². The second-order valence-electron chi connectivity index (χ2n) is 4.83. The number of methoxy groups -OCH3 is 1. The van der Waals surface area contributed by atoms with Crippen LogP contribution in [0.2, 0.25) is 0 Å². The lowest BCUT2D eigenvalue weighted by Crippen LogP contribution is -2.20. The van der Waals surface area contributed by atoms with Gasteiger partial charge in [-0.05, 0) is 23.3 Å². The molecule has 0 unspecified atom stereocenters. The van der Waals surface area contributed by atoms with E-state index in [9.17, 15) is 4.79 Å². The highest BCUT2D eigenvalue weighted by molar-refractivity contribution is 5.85. The first-order valence-corrected chi connectivity index (χ1v) is 7.01. The number of nitrogens with two attached hydrogens (primary N) is 1. The standard InChI is InChI=1S/C17H20N2O3.ClH/c1-21-16-9-14(7-8-15(16)22-12-17(18)20)11-19-10-13-5-3-2-4-6-13;/h2-9,19H,10-12H2,1H3,(H2,18,20);1H. The third kappa shape index (κ3) is 6.18. The lowest BCUT2D eigenvalue weighted by molar-refractivity contribution is -0.119. The molecule has 2 aromatic rings. The molecule has 124 valence electrons. The van der Waals surface area contributed by atoms with Gasteiger partial charge in [-0.25, -0.2) is 0 Å². The van der Waals surface area contributed by atoms with Crippen molar-refractivity contribution in [1.29, 1.82) is 0 Å². The van der Waals surface area contributed by atoms with Gasteiger partial charge in [0.05, 0.1) is 7.11 Å². The van der Waals surface area contributed by atoms with Gasteiger partial charge in [0.1, 0.15) is 0 Å². The molecule has 0 aliphatic carbocycles. The molecule has 6 heteroatoms. The van der Waals surface area contributed by atoms with Crippen molar-refractivity contribution in [3.63, 3.8) is 0 Å². The van der Waals surface area contributed by atoms with Crippen molar-refractivity contribution in [2.45, 2.75) is 13.1 Å². The van der Waals surface area contributed by atoms with E-state index in [1.807, 2.05) is 30.3 Å². The molecular formula is C17H21ClN2O3. The maximum Gasteiger partial charge on any atom is 0.255 e. The van der Waals surface area contributed by atoms with Crippen LogP contribution in [0.25, 0.3) is 0 Å². The van der Waals surface area contributed by atoms with E-state index in [4.69, 9.17) is 15.2 Å². The van der Waals surface area contributed by atoms with E-state index in [1.165, 1.54) is 5.56 Å². The molecular weight excluding hydrogens is 316 g/mol. The predicted octanol–water partition coefficient (Wildman–Crippen LogP) is 2.27. The summed E-state index contributed by atoms with van der Waals surface area (Å²) < 4.78 is 10.6. The Bertz CT molecular complexity index is 620. The molecule has 0 atom stereocenters. The summed E-state index contributed by atoms with van der Waals surface area (Å²) in [6.45, 7) is 1.34. The van der Waals surface area contributed by atoms with Crippen molar-refractivity contribution < 1.29 is 14.3 Å². The zero-order valence-electron chi connectivity index (χ0n) is 13.0. The fraction of sp³-hybridized carbons (Fsp3) is 0.235. The Hall–Kier alpha value is -2.24. The molecule has 0 radical (unpaired) electrons. The lowest BCUT2D eigenvalue weighted by atomic mass is 10.2. The number of primary amides is 1. The van der Waals surface area contributed by atoms with Gasteiger partial charge in [-0.3, -0.25) is 4.79 Å². The Labute approximate surface area is 142 Å². The summed E-state index contributed by atoms with van der Waals surface area (Å²) in [5, 5.41) is 3.37. The molecule has 23 heavy (non-hydrogen) atoms. The van der Waals surface area contributed by atoms with Gasteiger partial charge in [0.25, 0.3) is 5.91 Å². The summed E-state index contributed by atoms with van der Waals surface area (Å²) >= 11 is 0. The van der Waals surface area contributed by atoms with E-state index < -0.39 is 5.91 Å². The van der Waals surface area contributed by atoms with Crippen molar-refractivity contribution in [3.8, 4) is 11.5 Å². The van der Waals surface area contributed by atoms with Gasteiger partial charge in [-0.1, -0.05) is 36.4 Å². The minimum atomic E-state index is -0.518. The van der Waals surface area contributed by atoms with Crippen molar-refractivity contribution in [3.05, 3.63) is 59.7 Å². The molecule has 0 spiro atoms. The average Bonchev–Trinajstić information content (AvgIpc) is 2.54. The van der Waals surface area contributed by atoms with Gasteiger partial charge in [-0.2, -0.15) is 0 Å². The molecule has 0 saturated carbocycles. The monoisotopic (exact) mass is 336 g/mol. The van der Waals surface area contributed by atoms with Crippen LogP contribution >= 0.6 is 12.4 Å². The number of halogens is 1. The number of hydrogen-bond acceptors (Lipinski definition) is 4. The van der Waals surface area contributed by atoms with Crippen LogP contribution < -0.4 is 20.5 Å². The van der Waals surface area contributed by atoms with Gasteiger partial charge >= 0.3 is 0 Å². The van der Waals surface area contributed by atoms with Crippen molar-refractivity contribution in [1.82, 2.24) is 5.32 Å². The Morgan fingerprint density at radius 2 is 1.74 bits per heavy atom. The molecule has 0 fully saturated rings. The van der Waals surface area contributed by atoms with Gasteiger partial charge in [0, 0.05) is 13.1 Å². The van der Waals surface area contributed by atoms with E-state index in [2.05, 4.69) is 17.4 Å². The summed E-state index contributed by atoms with van der Waals surface area (Å²) in [5.74, 6) is 0.573. The first-order valence-electron chi connectivity index (χ1n) is 7.01. The Morgan fingerprint density at radius 3 is 2.39 bits per heavy atom. The maximum absolute atomic E-state index is 10.8. The van der Waals surface area contributed by atoms with Crippen molar-refractivity contribution in [2.75, 3.05) is 13.7 Å². The number of carbonyl (C=O) groups is 1. The highest BCUT2D eigenvalue weighted by Gasteiger charge is 2.07. The Balaban J connectivity index is 0.00000264. The fourth-order valence-electron chi connectivity index (χ4n) is 2.04. The number of ether oxygens (including phenoxy) is 2. The smallest absolute Gasteiger partial charge is 0.255 e. The minimum absolute atomic E-state index is 0. The van der Waals surface area contributed by atoms with Gasteiger partial charge in [-0.15, -0.1) is 12.4 Å². The van der Waals surface area contributed by atoms with Crippen molar-refractivity contribution in [2.24, 2.45) is 5.73 Å². The van der Waals surface area contributed by atoms with E-state index in [0.29, 0.717) is 18.0 Å². The van der Waals surface area contributed by atoms with Crippen LogP contribution in [0.15, 0.2) is 48.5 Å². The third-order valence-corrected chi connectivity index (χ3v) is 3.10. The maximum atomic E-state index is 10.8. The molecule has 2 rings (SSSR count). The zero-order valence-corrected chi connectivity index (χ0v) is 13.8. The molecule has 0 aliphatic rings. The quantitative estimate of drug-likeness (QED) is 0.775. The summed E-state index contributed by atoms with van der Waals surface area (Å²) in [6, 6.07) is 15.8. The Morgan fingerprint density at radius 1 is 1.04 bits per heavy atom. The molecule has 2 aromatic carbocycles. The topological polar surface area (TPSA) is 73.6 Å². The van der Waals surface area contributed by atoms with E-state index in [0.717, 1.165) is 12.1 Å². The summed E-state index contributed by atoms with van der Waals surface area (Å²) in [5.41, 5.74) is 7.37. The zero-order chi connectivity index (χ0) is 15.8. The molecule has 0 heterocycles. The number of benzene rings is 2. The first kappa shape index (κ1) is 18.8. The molecule has 5 nitrogen and oxygen atoms in total. The number of amides is 1. The normalized spacial score (nSPS) is 9.78. The highest BCUT2D eigenvalue weighted by atomic mass is 35.5.